The molecule has 0 aliphatic rings. The SMILES string of the molecule is Cc1nc(C(=O)Nc2cc(Cl)cc(Cl)c2)co1. The minimum absolute atomic E-state index is 0.207. The van der Waals surface area contributed by atoms with E-state index >= 15 is 0 Å². The summed E-state index contributed by atoms with van der Waals surface area (Å²) in [5, 5.41) is 3.52. The minimum atomic E-state index is -0.375. The third-order valence-electron chi connectivity index (χ3n) is 1.97. The van der Waals surface area contributed by atoms with Gasteiger partial charge in [-0.1, -0.05) is 23.2 Å². The first-order valence-corrected chi connectivity index (χ1v) is 5.50. The number of aryl methyl sites for hydroxylation is 1. The van der Waals surface area contributed by atoms with Gasteiger partial charge in [-0.25, -0.2) is 4.98 Å². The molecular formula is C11H8Cl2N2O2. The van der Waals surface area contributed by atoms with Crippen molar-refractivity contribution in [1.82, 2.24) is 4.98 Å². The van der Waals surface area contributed by atoms with Gasteiger partial charge in [0.25, 0.3) is 5.91 Å². The van der Waals surface area contributed by atoms with Crippen LogP contribution in [0.2, 0.25) is 10.0 Å². The lowest BCUT2D eigenvalue weighted by atomic mass is 10.3. The number of carbonyl (C=O) groups excluding carboxylic acids is 1. The number of rotatable bonds is 2. The fourth-order valence-electron chi connectivity index (χ4n) is 1.29. The summed E-state index contributed by atoms with van der Waals surface area (Å²) in [7, 11) is 0. The Balaban J connectivity index is 2.18. The van der Waals surface area contributed by atoms with Gasteiger partial charge < -0.3 is 9.73 Å². The maximum atomic E-state index is 11.7. The van der Waals surface area contributed by atoms with E-state index < -0.39 is 0 Å². The molecule has 0 atom stereocenters. The van der Waals surface area contributed by atoms with E-state index in [1.165, 1.54) is 6.26 Å². The molecule has 88 valence electrons. The average molecular weight is 271 g/mol. The third kappa shape index (κ3) is 2.99. The summed E-state index contributed by atoms with van der Waals surface area (Å²) in [5.74, 6) is 0.0551. The number of benzene rings is 1. The predicted molar refractivity (Wildman–Crippen MR) is 65.7 cm³/mol. The highest BCUT2D eigenvalue weighted by Crippen LogP contribution is 2.22. The topological polar surface area (TPSA) is 55.1 Å². The highest BCUT2D eigenvalue weighted by molar-refractivity contribution is 6.35. The first kappa shape index (κ1) is 12.0. The van der Waals surface area contributed by atoms with Crippen molar-refractivity contribution in [2.45, 2.75) is 6.92 Å². The van der Waals surface area contributed by atoms with Gasteiger partial charge in [-0.2, -0.15) is 0 Å². The number of oxazole rings is 1. The van der Waals surface area contributed by atoms with E-state index in [-0.39, 0.29) is 11.6 Å². The van der Waals surface area contributed by atoms with Crippen molar-refractivity contribution in [3.8, 4) is 0 Å². The zero-order valence-electron chi connectivity index (χ0n) is 8.83. The number of nitrogens with zero attached hydrogens (tertiary/aromatic N) is 1. The molecule has 1 heterocycles. The normalized spacial score (nSPS) is 10.3. The van der Waals surface area contributed by atoms with Crippen LogP contribution in [0, 0.1) is 6.92 Å². The molecule has 1 N–H and O–H groups in total. The van der Waals surface area contributed by atoms with Crippen LogP contribution >= 0.6 is 23.2 Å². The van der Waals surface area contributed by atoms with Crippen molar-refractivity contribution in [1.29, 1.82) is 0 Å². The molecule has 0 aliphatic heterocycles. The van der Waals surface area contributed by atoms with Crippen molar-refractivity contribution in [3.63, 3.8) is 0 Å². The quantitative estimate of drug-likeness (QED) is 0.908. The second-order valence-corrected chi connectivity index (χ2v) is 4.24. The Morgan fingerprint density at radius 3 is 2.47 bits per heavy atom. The maximum Gasteiger partial charge on any atom is 0.277 e. The van der Waals surface area contributed by atoms with Crippen molar-refractivity contribution in [2.24, 2.45) is 0 Å². The number of nitrogens with one attached hydrogen (secondary N) is 1. The van der Waals surface area contributed by atoms with Crippen LogP contribution in [-0.2, 0) is 0 Å². The molecule has 0 bridgehead atoms. The van der Waals surface area contributed by atoms with Crippen molar-refractivity contribution in [2.75, 3.05) is 5.32 Å². The molecule has 0 radical (unpaired) electrons. The van der Waals surface area contributed by atoms with Crippen molar-refractivity contribution in [3.05, 3.63) is 46.1 Å². The Bertz CT molecular complexity index is 546. The van der Waals surface area contributed by atoms with E-state index in [0.717, 1.165) is 0 Å². The zero-order valence-corrected chi connectivity index (χ0v) is 10.3. The van der Waals surface area contributed by atoms with Crippen LogP contribution in [0.4, 0.5) is 5.69 Å². The molecule has 6 heteroatoms. The molecule has 2 rings (SSSR count). The Kier molecular flexibility index (Phi) is 3.36. The summed E-state index contributed by atoms with van der Waals surface area (Å²) in [5.41, 5.74) is 0.715. The lowest BCUT2D eigenvalue weighted by Gasteiger charge is -2.03. The van der Waals surface area contributed by atoms with Crippen LogP contribution in [0.5, 0.6) is 0 Å². The van der Waals surface area contributed by atoms with Crippen molar-refractivity contribution < 1.29 is 9.21 Å². The monoisotopic (exact) mass is 270 g/mol. The number of amides is 1. The first-order chi connectivity index (χ1) is 8.04. The number of anilines is 1. The Morgan fingerprint density at radius 2 is 1.94 bits per heavy atom. The van der Waals surface area contributed by atoms with Gasteiger partial charge in [0.05, 0.1) is 0 Å². The zero-order chi connectivity index (χ0) is 12.4. The van der Waals surface area contributed by atoms with Crippen LogP contribution in [0.25, 0.3) is 0 Å². The van der Waals surface area contributed by atoms with Crippen LogP contribution in [0.15, 0.2) is 28.9 Å². The van der Waals surface area contributed by atoms with E-state index in [9.17, 15) is 4.79 Å². The van der Waals surface area contributed by atoms with E-state index in [4.69, 9.17) is 27.6 Å². The summed E-state index contributed by atoms with van der Waals surface area (Å²) in [4.78, 5) is 15.6. The van der Waals surface area contributed by atoms with Gasteiger partial charge in [-0.15, -0.1) is 0 Å². The van der Waals surface area contributed by atoms with Gasteiger partial charge in [0.15, 0.2) is 11.6 Å². The number of aromatic nitrogens is 1. The van der Waals surface area contributed by atoms with Crippen LogP contribution in [-0.4, -0.2) is 10.9 Å². The Morgan fingerprint density at radius 1 is 1.29 bits per heavy atom. The molecule has 17 heavy (non-hydrogen) atoms. The average Bonchev–Trinajstić information content (AvgIpc) is 2.63. The standard InChI is InChI=1S/C11H8Cl2N2O2/c1-6-14-10(5-17-6)11(16)15-9-3-7(12)2-8(13)4-9/h2-5H,1H3,(H,15,16). The number of hydrogen-bond donors (Lipinski definition) is 1. The molecule has 1 aromatic carbocycles. The molecule has 0 saturated heterocycles. The van der Waals surface area contributed by atoms with Gasteiger partial charge in [0, 0.05) is 22.7 Å². The van der Waals surface area contributed by atoms with Gasteiger partial charge in [-0.05, 0) is 18.2 Å². The molecule has 0 unspecified atom stereocenters. The smallest absolute Gasteiger partial charge is 0.277 e. The van der Waals surface area contributed by atoms with E-state index in [0.29, 0.717) is 21.6 Å². The van der Waals surface area contributed by atoms with E-state index in [1.807, 2.05) is 0 Å². The van der Waals surface area contributed by atoms with E-state index in [1.54, 1.807) is 25.1 Å². The molecule has 2 aromatic rings. The highest BCUT2D eigenvalue weighted by Gasteiger charge is 2.11. The van der Waals surface area contributed by atoms with Gasteiger partial charge in [0.2, 0.25) is 0 Å². The molecular weight excluding hydrogens is 263 g/mol. The highest BCUT2D eigenvalue weighted by atomic mass is 35.5. The largest absolute Gasteiger partial charge is 0.448 e. The fraction of sp³-hybridized carbons (Fsp3) is 0.0909. The Labute approximate surface area is 108 Å². The van der Waals surface area contributed by atoms with Gasteiger partial charge in [0.1, 0.15) is 6.26 Å². The summed E-state index contributed by atoms with van der Waals surface area (Å²) in [6.45, 7) is 1.66. The summed E-state index contributed by atoms with van der Waals surface area (Å²) < 4.78 is 4.95. The Hall–Kier alpha value is -1.52. The van der Waals surface area contributed by atoms with Gasteiger partial charge >= 0.3 is 0 Å². The summed E-state index contributed by atoms with van der Waals surface area (Å²) in [6, 6.07) is 4.77. The molecule has 0 fully saturated rings. The predicted octanol–water partition coefficient (Wildman–Crippen LogP) is 3.54. The second-order valence-electron chi connectivity index (χ2n) is 3.36. The lowest BCUT2D eigenvalue weighted by Crippen LogP contribution is -2.12. The lowest BCUT2D eigenvalue weighted by molar-refractivity contribution is 0.102. The number of halogens is 2. The fourth-order valence-corrected chi connectivity index (χ4v) is 1.81. The van der Waals surface area contributed by atoms with Crippen LogP contribution < -0.4 is 5.32 Å². The molecule has 1 aromatic heterocycles. The second kappa shape index (κ2) is 4.77. The number of hydrogen-bond acceptors (Lipinski definition) is 3. The molecule has 1 amide bonds. The van der Waals surface area contributed by atoms with Crippen molar-refractivity contribution >= 4 is 34.8 Å². The maximum absolute atomic E-state index is 11.7. The molecule has 0 saturated carbocycles. The van der Waals surface area contributed by atoms with Crippen LogP contribution in [0.3, 0.4) is 0 Å². The van der Waals surface area contributed by atoms with Crippen LogP contribution in [0.1, 0.15) is 16.4 Å². The molecule has 0 aliphatic carbocycles. The summed E-state index contributed by atoms with van der Waals surface area (Å²) in [6.07, 6.45) is 1.29. The molecule has 4 nitrogen and oxygen atoms in total. The first-order valence-electron chi connectivity index (χ1n) is 4.74. The number of carbonyl (C=O) groups is 1. The minimum Gasteiger partial charge on any atom is -0.448 e. The molecule has 0 spiro atoms. The summed E-state index contributed by atoms with van der Waals surface area (Å²) >= 11 is 11.6. The third-order valence-corrected chi connectivity index (χ3v) is 2.41. The van der Waals surface area contributed by atoms with E-state index in [2.05, 4.69) is 10.3 Å². The van der Waals surface area contributed by atoms with Gasteiger partial charge in [-0.3, -0.25) is 4.79 Å².